The van der Waals surface area contributed by atoms with Crippen molar-refractivity contribution < 1.29 is 9.18 Å². The van der Waals surface area contributed by atoms with E-state index in [1.165, 1.54) is 19.2 Å². The summed E-state index contributed by atoms with van der Waals surface area (Å²) in [6.07, 6.45) is 0. The van der Waals surface area contributed by atoms with Crippen molar-refractivity contribution in [3.8, 4) is 16.8 Å². The van der Waals surface area contributed by atoms with Gasteiger partial charge in [-0.25, -0.2) is 14.2 Å². The smallest absolute Gasteiger partial charge is 0.328 e. The lowest BCUT2D eigenvalue weighted by atomic mass is 10.0. The molecule has 0 radical (unpaired) electrons. The van der Waals surface area contributed by atoms with Crippen LogP contribution in [0.2, 0.25) is 0 Å². The first kappa shape index (κ1) is 20.7. The first-order valence-corrected chi connectivity index (χ1v) is 10.5. The van der Waals surface area contributed by atoms with Gasteiger partial charge in [0.05, 0.1) is 27.6 Å². The zero-order chi connectivity index (χ0) is 23.4. The number of carbonyl (C=O) groups excluding carboxylic acids is 1. The monoisotopic (exact) mass is 443 g/mol. The minimum atomic E-state index is -0.574. The van der Waals surface area contributed by atoms with Crippen LogP contribution in [0.5, 0.6) is 0 Å². The van der Waals surface area contributed by atoms with Crippen molar-refractivity contribution >= 4 is 28.0 Å². The lowest BCUT2D eigenvalue weighted by molar-refractivity contribution is 0.0959. The van der Waals surface area contributed by atoms with Crippen LogP contribution in [0.3, 0.4) is 0 Å². The maximum Gasteiger partial charge on any atom is 0.328 e. The van der Waals surface area contributed by atoms with Gasteiger partial charge in [-0.05, 0) is 60.5 Å². The second kappa shape index (κ2) is 7.44. The van der Waals surface area contributed by atoms with Crippen LogP contribution < -0.4 is 11.0 Å². The summed E-state index contributed by atoms with van der Waals surface area (Å²) < 4.78 is 19.7. The summed E-state index contributed by atoms with van der Waals surface area (Å²) >= 11 is 0. The van der Waals surface area contributed by atoms with Crippen LogP contribution in [0.1, 0.15) is 16.2 Å². The Kier molecular flexibility index (Phi) is 4.67. The summed E-state index contributed by atoms with van der Waals surface area (Å²) in [5, 5.41) is 2.44. The number of halogens is 1. The van der Waals surface area contributed by atoms with Gasteiger partial charge in [-0.1, -0.05) is 12.1 Å². The molecule has 3 aromatic carbocycles. The molecule has 166 valence electrons. The van der Waals surface area contributed by atoms with Gasteiger partial charge in [0.25, 0.3) is 5.91 Å². The molecule has 7 nitrogen and oxygen atoms in total. The Balaban J connectivity index is 1.61. The van der Waals surface area contributed by atoms with Crippen molar-refractivity contribution in [2.24, 2.45) is 14.1 Å². The highest BCUT2D eigenvalue weighted by Gasteiger charge is 2.15. The van der Waals surface area contributed by atoms with Crippen LogP contribution in [0.25, 0.3) is 38.9 Å². The summed E-state index contributed by atoms with van der Waals surface area (Å²) in [7, 11) is 4.99. The molecule has 0 aliphatic carbocycles. The van der Waals surface area contributed by atoms with E-state index in [2.05, 4.69) is 5.32 Å². The Hall–Kier alpha value is -4.20. The number of imidazole rings is 2. The number of hydrogen-bond donors (Lipinski definition) is 1. The van der Waals surface area contributed by atoms with Gasteiger partial charge in [0, 0.05) is 26.8 Å². The highest BCUT2D eigenvalue weighted by Crippen LogP contribution is 2.29. The molecule has 1 N–H and O–H groups in total. The number of amides is 1. The Bertz CT molecular complexity index is 1640. The van der Waals surface area contributed by atoms with Crippen LogP contribution in [0.4, 0.5) is 4.39 Å². The number of rotatable bonds is 3. The molecule has 0 spiro atoms. The third-order valence-electron chi connectivity index (χ3n) is 6.11. The number of aryl methyl sites for hydroxylation is 3. The number of nitrogens with one attached hydrogen (secondary N) is 1. The van der Waals surface area contributed by atoms with Crippen LogP contribution in [0, 0.1) is 12.7 Å². The molecule has 33 heavy (non-hydrogen) atoms. The van der Waals surface area contributed by atoms with E-state index in [0.717, 1.165) is 39.1 Å². The van der Waals surface area contributed by atoms with E-state index in [1.54, 1.807) is 29.3 Å². The molecule has 1 amide bonds. The number of aromatic nitrogens is 4. The Morgan fingerprint density at radius 2 is 1.58 bits per heavy atom. The zero-order valence-corrected chi connectivity index (χ0v) is 18.7. The predicted octanol–water partition coefficient (Wildman–Crippen LogP) is 3.69. The van der Waals surface area contributed by atoms with Crippen molar-refractivity contribution in [3.05, 3.63) is 82.3 Å². The summed E-state index contributed by atoms with van der Waals surface area (Å²) in [4.78, 5) is 28.8. The molecule has 0 aliphatic rings. The van der Waals surface area contributed by atoms with E-state index in [9.17, 15) is 14.0 Å². The summed E-state index contributed by atoms with van der Waals surface area (Å²) in [6, 6.07) is 16.2. The fourth-order valence-electron chi connectivity index (χ4n) is 4.35. The molecular weight excluding hydrogens is 421 g/mol. The number of benzene rings is 3. The molecule has 0 saturated heterocycles. The van der Waals surface area contributed by atoms with E-state index in [1.807, 2.05) is 47.9 Å². The molecule has 0 fully saturated rings. The molecule has 5 aromatic rings. The topological polar surface area (TPSA) is 73.8 Å². The molecular formula is C25H22FN5O2. The number of fused-ring (bicyclic) bond motifs is 2. The maximum absolute atomic E-state index is 14.5. The van der Waals surface area contributed by atoms with Crippen LogP contribution >= 0.6 is 0 Å². The number of nitrogens with zero attached hydrogens (tertiary/aromatic N) is 4. The Morgan fingerprint density at radius 1 is 0.909 bits per heavy atom. The fraction of sp³-hybridized carbons (Fsp3) is 0.160. The van der Waals surface area contributed by atoms with Gasteiger partial charge < -0.3 is 5.32 Å². The Morgan fingerprint density at radius 3 is 2.30 bits per heavy atom. The van der Waals surface area contributed by atoms with E-state index >= 15 is 0 Å². The second-order valence-electron chi connectivity index (χ2n) is 8.05. The van der Waals surface area contributed by atoms with E-state index in [-0.39, 0.29) is 11.3 Å². The largest absolute Gasteiger partial charge is 0.355 e. The molecule has 0 atom stereocenters. The molecule has 5 rings (SSSR count). The SMILES string of the molecule is CNC(=O)c1ccc(-c2ccc3c(c2)nc(C)n3-c2ccc3c(c2)n(C)c(=O)n3C)cc1F. The quantitative estimate of drug-likeness (QED) is 0.462. The lowest BCUT2D eigenvalue weighted by Gasteiger charge is -2.09. The molecule has 0 aliphatic heterocycles. The first-order valence-electron chi connectivity index (χ1n) is 10.5. The van der Waals surface area contributed by atoms with Gasteiger partial charge in [0.2, 0.25) is 0 Å². The van der Waals surface area contributed by atoms with Crippen molar-refractivity contribution in [2.45, 2.75) is 6.92 Å². The number of hydrogen-bond acceptors (Lipinski definition) is 3. The highest BCUT2D eigenvalue weighted by molar-refractivity contribution is 5.95. The third-order valence-corrected chi connectivity index (χ3v) is 6.11. The van der Waals surface area contributed by atoms with Gasteiger partial charge >= 0.3 is 5.69 Å². The number of carbonyl (C=O) groups is 1. The average molecular weight is 443 g/mol. The predicted molar refractivity (Wildman–Crippen MR) is 126 cm³/mol. The molecule has 2 aromatic heterocycles. The van der Waals surface area contributed by atoms with Gasteiger partial charge in [-0.2, -0.15) is 0 Å². The summed E-state index contributed by atoms with van der Waals surface area (Å²) in [5.41, 5.74) is 5.66. The molecule has 0 bridgehead atoms. The maximum atomic E-state index is 14.5. The Labute approximate surface area is 188 Å². The average Bonchev–Trinajstić information content (AvgIpc) is 3.26. The molecule has 8 heteroatoms. The standard InChI is InChI=1S/C25H22FN5O2/c1-14-28-20-12-16(15-5-8-18(19(26)11-15)24(32)27-2)6-9-21(20)31(14)17-7-10-22-23(13-17)30(4)25(33)29(22)3/h5-13H,1-4H3,(H,27,32). The van der Waals surface area contributed by atoms with Crippen molar-refractivity contribution in [1.82, 2.24) is 24.0 Å². The second-order valence-corrected chi connectivity index (χ2v) is 8.05. The van der Waals surface area contributed by atoms with Crippen molar-refractivity contribution in [1.29, 1.82) is 0 Å². The van der Waals surface area contributed by atoms with E-state index < -0.39 is 11.7 Å². The highest BCUT2D eigenvalue weighted by atomic mass is 19.1. The van der Waals surface area contributed by atoms with Gasteiger partial charge in [-0.3, -0.25) is 18.5 Å². The minimum absolute atomic E-state index is 0.00755. The van der Waals surface area contributed by atoms with Gasteiger partial charge in [-0.15, -0.1) is 0 Å². The van der Waals surface area contributed by atoms with Gasteiger partial charge in [0.1, 0.15) is 11.6 Å². The van der Waals surface area contributed by atoms with E-state index in [4.69, 9.17) is 4.98 Å². The first-order chi connectivity index (χ1) is 15.8. The van der Waals surface area contributed by atoms with Crippen LogP contribution in [-0.2, 0) is 14.1 Å². The minimum Gasteiger partial charge on any atom is -0.355 e. The molecule has 0 saturated carbocycles. The van der Waals surface area contributed by atoms with Crippen molar-refractivity contribution in [2.75, 3.05) is 7.05 Å². The van der Waals surface area contributed by atoms with Gasteiger partial charge in [0.15, 0.2) is 0 Å². The van der Waals surface area contributed by atoms with Crippen molar-refractivity contribution in [3.63, 3.8) is 0 Å². The fourth-order valence-corrected chi connectivity index (χ4v) is 4.35. The zero-order valence-electron chi connectivity index (χ0n) is 18.7. The molecule has 0 unspecified atom stereocenters. The third kappa shape index (κ3) is 3.14. The lowest BCUT2D eigenvalue weighted by Crippen LogP contribution is -2.19. The van der Waals surface area contributed by atoms with Crippen LogP contribution in [-0.4, -0.2) is 31.6 Å². The molecule has 2 heterocycles. The summed E-state index contributed by atoms with van der Waals surface area (Å²) in [6.45, 7) is 1.92. The van der Waals surface area contributed by atoms with E-state index in [0.29, 0.717) is 5.56 Å². The summed E-state index contributed by atoms with van der Waals surface area (Å²) in [5.74, 6) is -0.240. The normalized spacial score (nSPS) is 11.4. The van der Waals surface area contributed by atoms with Crippen LogP contribution in [0.15, 0.2) is 59.4 Å².